The number of rotatable bonds is 5. The number of terminal acetylenes is 1. The molecule has 0 atom stereocenters. The standard InChI is InChI=1S/C29H32N6O/c1-3-25-7-4-5-8-27(25)33-15-13-32(14-16-33)22-24-11-10-23(2)26(21-24)29(36)35-19-17-34(18-20-35)28-9-6-12-30-31-28/h1,4-12,21H,13-20,22H2,2H3. The zero-order valence-electron chi connectivity index (χ0n) is 20.8. The van der Waals surface area contributed by atoms with E-state index in [-0.39, 0.29) is 5.91 Å². The van der Waals surface area contributed by atoms with E-state index in [4.69, 9.17) is 6.42 Å². The average molecular weight is 481 g/mol. The molecule has 3 aromatic rings. The summed E-state index contributed by atoms with van der Waals surface area (Å²) in [4.78, 5) is 22.4. The lowest BCUT2D eigenvalue weighted by Crippen LogP contribution is -2.49. The van der Waals surface area contributed by atoms with E-state index in [1.54, 1.807) is 6.20 Å². The van der Waals surface area contributed by atoms with E-state index in [0.29, 0.717) is 13.1 Å². The summed E-state index contributed by atoms with van der Waals surface area (Å²) in [5, 5.41) is 8.17. The lowest BCUT2D eigenvalue weighted by molar-refractivity contribution is 0.0745. The van der Waals surface area contributed by atoms with E-state index in [0.717, 1.165) is 74.0 Å². The van der Waals surface area contributed by atoms with E-state index in [9.17, 15) is 4.79 Å². The number of carbonyl (C=O) groups is 1. The minimum Gasteiger partial charge on any atom is -0.368 e. The second-order valence-electron chi connectivity index (χ2n) is 9.44. The van der Waals surface area contributed by atoms with Crippen molar-refractivity contribution in [1.29, 1.82) is 0 Å². The van der Waals surface area contributed by atoms with Gasteiger partial charge in [-0.15, -0.1) is 11.5 Å². The molecule has 2 aromatic carbocycles. The number of aryl methyl sites for hydroxylation is 1. The van der Waals surface area contributed by atoms with E-state index in [2.05, 4.69) is 55.1 Å². The maximum Gasteiger partial charge on any atom is 0.254 e. The second-order valence-corrected chi connectivity index (χ2v) is 9.44. The fourth-order valence-electron chi connectivity index (χ4n) is 5.05. The highest BCUT2D eigenvalue weighted by Gasteiger charge is 2.25. The lowest BCUT2D eigenvalue weighted by Gasteiger charge is -2.37. The highest BCUT2D eigenvalue weighted by molar-refractivity contribution is 5.96. The van der Waals surface area contributed by atoms with Crippen LogP contribution in [0, 0.1) is 19.3 Å². The Morgan fingerprint density at radius 2 is 1.67 bits per heavy atom. The summed E-state index contributed by atoms with van der Waals surface area (Å²) >= 11 is 0. The van der Waals surface area contributed by atoms with E-state index in [1.165, 1.54) is 5.56 Å². The summed E-state index contributed by atoms with van der Waals surface area (Å²) in [7, 11) is 0. The summed E-state index contributed by atoms with van der Waals surface area (Å²) in [6.07, 6.45) is 7.38. The van der Waals surface area contributed by atoms with Gasteiger partial charge < -0.3 is 14.7 Å². The lowest BCUT2D eigenvalue weighted by atomic mass is 10.0. The number of hydrogen-bond acceptors (Lipinski definition) is 6. The molecule has 2 aliphatic rings. The molecule has 0 N–H and O–H groups in total. The molecule has 36 heavy (non-hydrogen) atoms. The van der Waals surface area contributed by atoms with Gasteiger partial charge >= 0.3 is 0 Å². The molecule has 5 rings (SSSR count). The molecule has 3 heterocycles. The quantitative estimate of drug-likeness (QED) is 0.524. The number of carbonyl (C=O) groups excluding carboxylic acids is 1. The number of amides is 1. The van der Waals surface area contributed by atoms with Crippen LogP contribution in [0.4, 0.5) is 11.5 Å². The Kier molecular flexibility index (Phi) is 7.15. The highest BCUT2D eigenvalue weighted by Crippen LogP contribution is 2.23. The summed E-state index contributed by atoms with van der Waals surface area (Å²) in [5.41, 5.74) is 5.10. The number of nitrogens with zero attached hydrogens (tertiary/aromatic N) is 6. The maximum absolute atomic E-state index is 13.4. The molecule has 7 heteroatoms. The van der Waals surface area contributed by atoms with Crippen LogP contribution in [0.5, 0.6) is 0 Å². The van der Waals surface area contributed by atoms with Gasteiger partial charge in [-0.3, -0.25) is 9.69 Å². The van der Waals surface area contributed by atoms with Gasteiger partial charge in [0.05, 0.1) is 5.69 Å². The van der Waals surface area contributed by atoms with Gasteiger partial charge in [0, 0.05) is 76.2 Å². The predicted octanol–water partition coefficient (Wildman–Crippen LogP) is 3.05. The summed E-state index contributed by atoms with van der Waals surface area (Å²) in [6, 6.07) is 18.3. The van der Waals surface area contributed by atoms with Gasteiger partial charge in [0.25, 0.3) is 5.91 Å². The third kappa shape index (κ3) is 5.19. The largest absolute Gasteiger partial charge is 0.368 e. The van der Waals surface area contributed by atoms with Crippen LogP contribution in [0.25, 0.3) is 0 Å². The number of piperazine rings is 2. The van der Waals surface area contributed by atoms with Crippen molar-refractivity contribution in [1.82, 2.24) is 20.0 Å². The molecule has 184 valence electrons. The first-order chi connectivity index (χ1) is 17.6. The van der Waals surface area contributed by atoms with Crippen LogP contribution < -0.4 is 9.80 Å². The Labute approximate surface area is 213 Å². The van der Waals surface area contributed by atoms with Crippen molar-refractivity contribution in [2.45, 2.75) is 13.5 Å². The molecule has 0 unspecified atom stereocenters. The Balaban J connectivity index is 1.19. The summed E-state index contributed by atoms with van der Waals surface area (Å²) < 4.78 is 0. The Morgan fingerprint density at radius 3 is 2.39 bits per heavy atom. The molecule has 0 spiro atoms. The molecule has 2 aliphatic heterocycles. The van der Waals surface area contributed by atoms with Crippen LogP contribution in [0.15, 0.2) is 60.8 Å². The fraction of sp³-hybridized carbons (Fsp3) is 0.345. The third-order valence-corrected chi connectivity index (χ3v) is 7.16. The minimum atomic E-state index is 0.115. The monoisotopic (exact) mass is 480 g/mol. The van der Waals surface area contributed by atoms with Crippen molar-refractivity contribution in [2.24, 2.45) is 0 Å². The van der Waals surface area contributed by atoms with Gasteiger partial charge in [0.2, 0.25) is 0 Å². The maximum atomic E-state index is 13.4. The molecule has 7 nitrogen and oxygen atoms in total. The first-order valence-corrected chi connectivity index (χ1v) is 12.6. The smallest absolute Gasteiger partial charge is 0.254 e. The molecule has 0 aliphatic carbocycles. The van der Waals surface area contributed by atoms with Crippen molar-refractivity contribution in [3.63, 3.8) is 0 Å². The van der Waals surface area contributed by atoms with Crippen molar-refractivity contribution in [3.05, 3.63) is 83.0 Å². The molecule has 2 fully saturated rings. The van der Waals surface area contributed by atoms with Crippen molar-refractivity contribution in [3.8, 4) is 12.3 Å². The summed E-state index contributed by atoms with van der Waals surface area (Å²) in [5.74, 6) is 3.78. The van der Waals surface area contributed by atoms with E-state index >= 15 is 0 Å². The average Bonchev–Trinajstić information content (AvgIpc) is 2.94. The molecule has 0 saturated carbocycles. The molecular weight excluding hydrogens is 448 g/mol. The first-order valence-electron chi connectivity index (χ1n) is 12.6. The van der Waals surface area contributed by atoms with Crippen molar-refractivity contribution in [2.75, 3.05) is 62.2 Å². The van der Waals surface area contributed by atoms with E-state index < -0.39 is 0 Å². The van der Waals surface area contributed by atoms with Gasteiger partial charge in [-0.05, 0) is 48.4 Å². The number of hydrogen-bond donors (Lipinski definition) is 0. The first kappa shape index (κ1) is 23.8. The number of benzene rings is 2. The normalized spacial score (nSPS) is 16.6. The second kappa shape index (κ2) is 10.8. The molecule has 2 saturated heterocycles. The van der Waals surface area contributed by atoms with Gasteiger partial charge in [-0.2, -0.15) is 5.10 Å². The van der Waals surface area contributed by atoms with Crippen LogP contribution in [-0.2, 0) is 6.54 Å². The van der Waals surface area contributed by atoms with Crippen molar-refractivity contribution >= 4 is 17.4 Å². The van der Waals surface area contributed by atoms with Crippen LogP contribution in [0.2, 0.25) is 0 Å². The SMILES string of the molecule is C#Cc1ccccc1N1CCN(Cc2ccc(C)c(C(=O)N3CCN(c4cccnn4)CC3)c2)CC1. The third-order valence-electron chi connectivity index (χ3n) is 7.16. The predicted molar refractivity (Wildman–Crippen MR) is 143 cm³/mol. The Morgan fingerprint density at radius 1 is 0.917 bits per heavy atom. The van der Waals surface area contributed by atoms with Crippen molar-refractivity contribution < 1.29 is 4.79 Å². The number of anilines is 2. The molecule has 1 amide bonds. The van der Waals surface area contributed by atoms with Crippen LogP contribution in [-0.4, -0.2) is 78.3 Å². The van der Waals surface area contributed by atoms with Crippen LogP contribution in [0.3, 0.4) is 0 Å². The van der Waals surface area contributed by atoms with Gasteiger partial charge in [-0.25, -0.2) is 0 Å². The minimum absolute atomic E-state index is 0.115. The highest BCUT2D eigenvalue weighted by atomic mass is 16.2. The zero-order chi connectivity index (χ0) is 24.9. The van der Waals surface area contributed by atoms with Crippen LogP contribution in [0.1, 0.15) is 27.0 Å². The molecular formula is C29H32N6O. The van der Waals surface area contributed by atoms with Crippen LogP contribution >= 0.6 is 0 Å². The van der Waals surface area contributed by atoms with Gasteiger partial charge in [-0.1, -0.05) is 30.2 Å². The Hall–Kier alpha value is -3.89. The Bertz CT molecular complexity index is 1240. The number of aromatic nitrogens is 2. The molecule has 0 bridgehead atoms. The van der Waals surface area contributed by atoms with Gasteiger partial charge in [0.1, 0.15) is 0 Å². The molecule has 0 radical (unpaired) electrons. The molecule has 1 aromatic heterocycles. The van der Waals surface area contributed by atoms with E-state index in [1.807, 2.05) is 42.2 Å². The zero-order valence-corrected chi connectivity index (χ0v) is 20.8. The number of para-hydroxylation sites is 1. The fourth-order valence-corrected chi connectivity index (χ4v) is 5.05. The summed E-state index contributed by atoms with van der Waals surface area (Å²) in [6.45, 7) is 9.53. The van der Waals surface area contributed by atoms with Gasteiger partial charge in [0.15, 0.2) is 5.82 Å². The topological polar surface area (TPSA) is 55.8 Å².